The van der Waals surface area contributed by atoms with Crippen molar-refractivity contribution in [2.45, 2.75) is 19.1 Å². The monoisotopic (exact) mass is 482 g/mol. The number of urea groups is 1. The number of hydrogen-bond acceptors (Lipinski definition) is 6. The number of fused-ring (bicyclic) bond motifs is 1. The van der Waals surface area contributed by atoms with Gasteiger partial charge in [0.1, 0.15) is 11.9 Å². The van der Waals surface area contributed by atoms with Crippen LogP contribution in [0.15, 0.2) is 48.7 Å². The minimum Gasteiger partial charge on any atom is -0.427 e. The molecule has 2 aromatic carbocycles. The van der Waals surface area contributed by atoms with Gasteiger partial charge in [0.05, 0.1) is 16.8 Å². The molecule has 9 nitrogen and oxygen atoms in total. The van der Waals surface area contributed by atoms with E-state index in [0.717, 1.165) is 47.2 Å². The van der Waals surface area contributed by atoms with Crippen LogP contribution >= 0.6 is 0 Å². The number of nitrogens with one attached hydrogen (secondary N) is 2. The molecule has 4 N–H and O–H groups in total. The fourth-order valence-electron chi connectivity index (χ4n) is 2.82. The number of carbonyl (C=O) groups excluding carboxylic acids is 3. The number of esters is 1. The Morgan fingerprint density at radius 3 is 2.35 bits per heavy atom. The third kappa shape index (κ3) is 5.81. The minimum atomic E-state index is -4.53. The van der Waals surface area contributed by atoms with E-state index >= 15 is 0 Å². The molecule has 1 heterocycles. The molecule has 0 fully saturated rings. The second kappa shape index (κ2) is 9.79. The standard InChI is InChI=1S/C21H18F4N4O5/c1-11(26)18(30)33-10-34-20(32)29-9-16(15-8-13(22)4-7-17(15)29)28-19(31)27-14-5-2-12(3-6-14)21(23,24)25/h2-9,11H,10,26H2,1H3,(H2,27,28,31)/t11-/m0/s1. The molecule has 13 heteroatoms. The highest BCUT2D eigenvalue weighted by Crippen LogP contribution is 2.30. The average Bonchev–Trinajstić information content (AvgIpc) is 3.10. The fourth-order valence-corrected chi connectivity index (χ4v) is 2.82. The first-order valence-electron chi connectivity index (χ1n) is 9.61. The molecule has 3 rings (SSSR count). The maximum atomic E-state index is 13.8. The summed E-state index contributed by atoms with van der Waals surface area (Å²) in [5.74, 6) is -1.45. The van der Waals surface area contributed by atoms with Gasteiger partial charge >= 0.3 is 24.3 Å². The number of amides is 2. The number of halogens is 4. The lowest BCUT2D eigenvalue weighted by atomic mass is 10.2. The zero-order chi connectivity index (χ0) is 25.0. The molecule has 0 aliphatic rings. The van der Waals surface area contributed by atoms with Crippen molar-refractivity contribution in [3.63, 3.8) is 0 Å². The quantitative estimate of drug-likeness (QED) is 0.283. The second-order valence-electron chi connectivity index (χ2n) is 7.01. The highest BCUT2D eigenvalue weighted by Gasteiger charge is 2.30. The summed E-state index contributed by atoms with van der Waals surface area (Å²) in [5.41, 5.74) is 4.68. The predicted molar refractivity (Wildman–Crippen MR) is 112 cm³/mol. The summed E-state index contributed by atoms with van der Waals surface area (Å²) < 4.78 is 62.3. The Hall–Kier alpha value is -4.13. The molecule has 2 amide bonds. The third-order valence-electron chi connectivity index (χ3n) is 4.44. The number of nitrogens with two attached hydrogens (primary N) is 1. The van der Waals surface area contributed by atoms with Gasteiger partial charge in [-0.3, -0.25) is 9.36 Å². The number of alkyl halides is 3. The lowest BCUT2D eigenvalue weighted by molar-refractivity contribution is -0.153. The van der Waals surface area contributed by atoms with Crippen molar-refractivity contribution in [1.29, 1.82) is 0 Å². The Morgan fingerprint density at radius 1 is 1.06 bits per heavy atom. The summed E-state index contributed by atoms with van der Waals surface area (Å²) in [4.78, 5) is 36.1. The highest BCUT2D eigenvalue weighted by molar-refractivity contribution is 6.07. The van der Waals surface area contributed by atoms with E-state index < -0.39 is 48.5 Å². The van der Waals surface area contributed by atoms with E-state index in [2.05, 4.69) is 15.4 Å². The van der Waals surface area contributed by atoms with Crippen molar-refractivity contribution in [3.05, 3.63) is 60.0 Å². The van der Waals surface area contributed by atoms with Gasteiger partial charge in [0.15, 0.2) is 0 Å². The lowest BCUT2D eigenvalue weighted by Crippen LogP contribution is -2.30. The number of nitrogens with zero attached hydrogens (tertiary/aromatic N) is 1. The molecule has 0 aliphatic carbocycles. The van der Waals surface area contributed by atoms with Crippen molar-refractivity contribution >= 4 is 40.4 Å². The van der Waals surface area contributed by atoms with E-state index in [1.807, 2.05) is 0 Å². The Morgan fingerprint density at radius 2 is 1.74 bits per heavy atom. The first-order chi connectivity index (χ1) is 16.0. The number of carbonyl (C=O) groups is 3. The fraction of sp³-hybridized carbons (Fsp3) is 0.190. The van der Waals surface area contributed by atoms with Crippen molar-refractivity contribution < 1.29 is 41.4 Å². The third-order valence-corrected chi connectivity index (χ3v) is 4.44. The minimum absolute atomic E-state index is 0.00318. The number of rotatable bonds is 5. The van der Waals surface area contributed by atoms with E-state index in [0.29, 0.717) is 0 Å². The van der Waals surface area contributed by atoms with Gasteiger partial charge in [-0.15, -0.1) is 0 Å². The Kier molecular flexibility index (Phi) is 7.05. The van der Waals surface area contributed by atoms with Gasteiger partial charge in [-0.05, 0) is 49.4 Å². The van der Waals surface area contributed by atoms with Gasteiger partial charge in [0, 0.05) is 17.3 Å². The maximum Gasteiger partial charge on any atom is 0.421 e. The van der Waals surface area contributed by atoms with Gasteiger partial charge < -0.3 is 25.8 Å². The van der Waals surface area contributed by atoms with Crippen molar-refractivity contribution in [3.8, 4) is 0 Å². The van der Waals surface area contributed by atoms with Gasteiger partial charge in [-0.1, -0.05) is 0 Å². The summed E-state index contributed by atoms with van der Waals surface area (Å²) in [5, 5.41) is 4.87. The van der Waals surface area contributed by atoms with Gasteiger partial charge in [-0.25, -0.2) is 14.0 Å². The van der Waals surface area contributed by atoms with Crippen LogP contribution in [0.5, 0.6) is 0 Å². The van der Waals surface area contributed by atoms with Gasteiger partial charge in [0.25, 0.3) is 0 Å². The van der Waals surface area contributed by atoms with Crippen LogP contribution in [0, 0.1) is 5.82 Å². The molecule has 34 heavy (non-hydrogen) atoms. The van der Waals surface area contributed by atoms with Crippen LogP contribution in [0.25, 0.3) is 10.9 Å². The van der Waals surface area contributed by atoms with Crippen LogP contribution in [0.3, 0.4) is 0 Å². The van der Waals surface area contributed by atoms with Crippen LogP contribution in [0.4, 0.5) is 38.5 Å². The van der Waals surface area contributed by atoms with E-state index in [1.165, 1.54) is 13.0 Å². The number of ether oxygens (including phenoxy) is 2. The first-order valence-corrected chi connectivity index (χ1v) is 9.61. The Balaban J connectivity index is 1.75. The van der Waals surface area contributed by atoms with E-state index in [9.17, 15) is 31.9 Å². The van der Waals surface area contributed by atoms with Crippen LogP contribution in [0.1, 0.15) is 12.5 Å². The number of anilines is 2. The van der Waals surface area contributed by atoms with Crippen LogP contribution in [-0.4, -0.2) is 35.5 Å². The summed E-state index contributed by atoms with van der Waals surface area (Å²) in [6.07, 6.45) is -4.38. The molecule has 180 valence electrons. The van der Waals surface area contributed by atoms with E-state index in [-0.39, 0.29) is 22.3 Å². The SMILES string of the molecule is C[C@H](N)C(=O)OCOC(=O)n1cc(NC(=O)Nc2ccc(C(F)(F)F)cc2)c2cc(F)ccc21. The topological polar surface area (TPSA) is 125 Å². The Labute approximate surface area is 189 Å². The molecule has 0 unspecified atom stereocenters. The molecule has 0 radical (unpaired) electrons. The van der Waals surface area contributed by atoms with Crippen LogP contribution in [-0.2, 0) is 20.4 Å². The van der Waals surface area contributed by atoms with Crippen molar-refractivity contribution in [2.24, 2.45) is 5.73 Å². The summed E-state index contributed by atoms with van der Waals surface area (Å²) in [6.45, 7) is 0.656. The lowest BCUT2D eigenvalue weighted by Gasteiger charge is -2.09. The van der Waals surface area contributed by atoms with Crippen LogP contribution < -0.4 is 16.4 Å². The normalized spacial score (nSPS) is 12.2. The van der Waals surface area contributed by atoms with Crippen molar-refractivity contribution in [2.75, 3.05) is 17.4 Å². The zero-order valence-electron chi connectivity index (χ0n) is 17.5. The van der Waals surface area contributed by atoms with Crippen molar-refractivity contribution in [1.82, 2.24) is 4.57 Å². The largest absolute Gasteiger partial charge is 0.427 e. The number of aromatic nitrogens is 1. The summed E-state index contributed by atoms with van der Waals surface area (Å²) >= 11 is 0. The molecule has 3 aromatic rings. The molecule has 0 aliphatic heterocycles. The number of benzene rings is 2. The predicted octanol–water partition coefficient (Wildman–Crippen LogP) is 4.28. The van der Waals surface area contributed by atoms with E-state index in [1.54, 1.807) is 0 Å². The average molecular weight is 482 g/mol. The maximum absolute atomic E-state index is 13.8. The second-order valence-corrected chi connectivity index (χ2v) is 7.01. The highest BCUT2D eigenvalue weighted by atomic mass is 19.4. The molecular formula is C21H18F4N4O5. The molecule has 1 atom stereocenters. The van der Waals surface area contributed by atoms with Crippen LogP contribution in [0.2, 0.25) is 0 Å². The smallest absolute Gasteiger partial charge is 0.421 e. The molecule has 0 bridgehead atoms. The van der Waals surface area contributed by atoms with Gasteiger partial charge in [-0.2, -0.15) is 13.2 Å². The van der Waals surface area contributed by atoms with Gasteiger partial charge in [0.2, 0.25) is 6.79 Å². The molecule has 0 saturated carbocycles. The summed E-state index contributed by atoms with van der Waals surface area (Å²) in [7, 11) is 0. The Bertz CT molecular complexity index is 1220. The van der Waals surface area contributed by atoms with E-state index in [4.69, 9.17) is 10.5 Å². The molecule has 1 aromatic heterocycles. The number of hydrogen-bond donors (Lipinski definition) is 3. The molecule has 0 spiro atoms. The molecular weight excluding hydrogens is 464 g/mol. The summed E-state index contributed by atoms with van der Waals surface area (Å²) in [6, 6.07) is 5.33. The zero-order valence-corrected chi connectivity index (χ0v) is 17.5. The first kappa shape index (κ1) is 24.5. The molecule has 0 saturated heterocycles.